The van der Waals surface area contributed by atoms with Crippen LogP contribution in [0.4, 0.5) is 5.69 Å². The van der Waals surface area contributed by atoms with Crippen molar-refractivity contribution in [2.24, 2.45) is 0 Å². The number of halogens is 1. The normalized spacial score (nSPS) is 10.3. The largest absolute Gasteiger partial charge is 0.360 e. The zero-order valence-corrected chi connectivity index (χ0v) is 12.5. The molecule has 3 rings (SSSR count). The first-order chi connectivity index (χ1) is 11.1. The van der Waals surface area contributed by atoms with Crippen LogP contribution < -0.4 is 5.32 Å². The number of hydrogen-bond donors (Lipinski definition) is 2. The molecule has 1 amide bonds. The lowest BCUT2D eigenvalue weighted by molar-refractivity contribution is -0.112. The predicted octanol–water partition coefficient (Wildman–Crippen LogP) is 3.51. The van der Waals surface area contributed by atoms with Crippen molar-refractivity contribution in [3.8, 4) is 6.07 Å². The lowest BCUT2D eigenvalue weighted by atomic mass is 10.1. The second kappa shape index (κ2) is 5.95. The molecule has 23 heavy (non-hydrogen) atoms. The van der Waals surface area contributed by atoms with Crippen molar-refractivity contribution < 1.29 is 9.59 Å². The van der Waals surface area contributed by atoms with E-state index < -0.39 is 11.7 Å². The summed E-state index contributed by atoms with van der Waals surface area (Å²) >= 11 is 5.94. The summed E-state index contributed by atoms with van der Waals surface area (Å²) in [5, 5.41) is 12.4. The molecule has 0 saturated carbocycles. The summed E-state index contributed by atoms with van der Waals surface area (Å²) in [6.45, 7) is 0. The van der Waals surface area contributed by atoms with Gasteiger partial charge in [-0.25, -0.2) is 0 Å². The number of amides is 1. The molecular weight excluding hydrogens is 314 g/mol. The molecule has 0 aliphatic carbocycles. The number of carbonyl (C=O) groups excluding carboxylic acids is 2. The van der Waals surface area contributed by atoms with Crippen molar-refractivity contribution in [3.63, 3.8) is 0 Å². The number of hydrogen-bond acceptors (Lipinski definition) is 3. The average molecular weight is 324 g/mol. The predicted molar refractivity (Wildman–Crippen MR) is 87.4 cm³/mol. The third-order valence-electron chi connectivity index (χ3n) is 3.34. The fourth-order valence-electron chi connectivity index (χ4n) is 2.26. The molecule has 0 saturated heterocycles. The lowest BCUT2D eigenvalue weighted by Crippen LogP contribution is -2.22. The number of H-pyrrole nitrogens is 1. The van der Waals surface area contributed by atoms with E-state index in [0.29, 0.717) is 21.7 Å². The summed E-state index contributed by atoms with van der Waals surface area (Å²) < 4.78 is 0. The van der Waals surface area contributed by atoms with E-state index in [0.717, 1.165) is 5.52 Å². The molecule has 2 N–H and O–H groups in total. The van der Waals surface area contributed by atoms with Crippen LogP contribution in [0.15, 0.2) is 48.7 Å². The number of rotatable bonds is 3. The van der Waals surface area contributed by atoms with Crippen molar-refractivity contribution in [1.82, 2.24) is 4.98 Å². The van der Waals surface area contributed by atoms with E-state index in [1.165, 1.54) is 12.3 Å². The summed E-state index contributed by atoms with van der Waals surface area (Å²) in [6.07, 6.45) is 1.48. The van der Waals surface area contributed by atoms with Crippen molar-refractivity contribution >= 4 is 39.9 Å². The quantitative estimate of drug-likeness (QED) is 0.571. The van der Waals surface area contributed by atoms with Gasteiger partial charge in [0.15, 0.2) is 0 Å². The number of aromatic amines is 1. The zero-order valence-electron chi connectivity index (χ0n) is 11.8. The van der Waals surface area contributed by atoms with Crippen molar-refractivity contribution in [3.05, 3.63) is 64.8 Å². The number of anilines is 1. The Bertz CT molecular complexity index is 969. The van der Waals surface area contributed by atoms with Gasteiger partial charge in [0, 0.05) is 27.8 Å². The molecule has 0 radical (unpaired) electrons. The number of nitrogens with one attached hydrogen (secondary N) is 2. The van der Waals surface area contributed by atoms with E-state index in [1.807, 2.05) is 6.07 Å². The molecule has 0 aliphatic heterocycles. The smallest absolute Gasteiger partial charge is 0.296 e. The van der Waals surface area contributed by atoms with Crippen molar-refractivity contribution in [2.75, 3.05) is 5.32 Å². The maximum absolute atomic E-state index is 12.3. The van der Waals surface area contributed by atoms with E-state index in [1.54, 1.807) is 36.4 Å². The van der Waals surface area contributed by atoms with Crippen LogP contribution in [-0.4, -0.2) is 16.7 Å². The monoisotopic (exact) mass is 323 g/mol. The first-order valence-corrected chi connectivity index (χ1v) is 7.09. The Balaban J connectivity index is 1.88. The molecule has 0 atom stereocenters. The maximum atomic E-state index is 12.3. The number of carbonyl (C=O) groups is 2. The second-order valence-corrected chi connectivity index (χ2v) is 5.30. The first-order valence-electron chi connectivity index (χ1n) is 6.71. The number of aromatic nitrogens is 1. The molecule has 5 nitrogen and oxygen atoms in total. The summed E-state index contributed by atoms with van der Waals surface area (Å²) in [7, 11) is 0. The highest BCUT2D eigenvalue weighted by Crippen LogP contribution is 2.23. The Morgan fingerprint density at radius 3 is 2.78 bits per heavy atom. The molecule has 3 aromatic rings. The van der Waals surface area contributed by atoms with Gasteiger partial charge in [-0.3, -0.25) is 9.59 Å². The number of benzene rings is 2. The van der Waals surface area contributed by atoms with E-state index >= 15 is 0 Å². The van der Waals surface area contributed by atoms with E-state index in [4.69, 9.17) is 16.9 Å². The number of nitrogens with zero attached hydrogens (tertiary/aromatic N) is 1. The highest BCUT2D eigenvalue weighted by molar-refractivity contribution is 6.48. The Labute approximate surface area is 136 Å². The van der Waals surface area contributed by atoms with Crippen LogP contribution in [0.2, 0.25) is 5.02 Å². The van der Waals surface area contributed by atoms with E-state index in [2.05, 4.69) is 10.3 Å². The minimum atomic E-state index is -0.777. The maximum Gasteiger partial charge on any atom is 0.296 e. The Morgan fingerprint density at radius 2 is 2.00 bits per heavy atom. The van der Waals surface area contributed by atoms with Crippen LogP contribution in [0.3, 0.4) is 0 Å². The van der Waals surface area contributed by atoms with Gasteiger partial charge in [-0.1, -0.05) is 17.7 Å². The molecule has 112 valence electrons. The minimum Gasteiger partial charge on any atom is -0.360 e. The SMILES string of the molecule is N#Cc1cccc(NC(=O)C(=O)c2c[nH]c3ccc(Cl)cc23)c1. The van der Waals surface area contributed by atoms with Crippen LogP contribution >= 0.6 is 11.6 Å². The van der Waals surface area contributed by atoms with Gasteiger partial charge in [0.1, 0.15) is 0 Å². The van der Waals surface area contributed by atoms with Crippen molar-refractivity contribution in [2.45, 2.75) is 0 Å². The van der Waals surface area contributed by atoms with Gasteiger partial charge in [0.25, 0.3) is 11.7 Å². The number of Topliss-reactive ketones (excluding diaryl/α,β-unsaturated/α-hetero) is 1. The van der Waals surface area contributed by atoms with Gasteiger partial charge < -0.3 is 10.3 Å². The molecule has 0 unspecified atom stereocenters. The topological polar surface area (TPSA) is 85.8 Å². The third-order valence-corrected chi connectivity index (χ3v) is 3.58. The summed E-state index contributed by atoms with van der Waals surface area (Å²) in [5.74, 6) is -1.46. The lowest BCUT2D eigenvalue weighted by Gasteiger charge is -2.04. The summed E-state index contributed by atoms with van der Waals surface area (Å²) in [4.78, 5) is 27.4. The van der Waals surface area contributed by atoms with Crippen molar-refractivity contribution in [1.29, 1.82) is 5.26 Å². The van der Waals surface area contributed by atoms with Gasteiger partial charge in [-0.2, -0.15) is 5.26 Å². The molecule has 0 fully saturated rings. The molecule has 0 bridgehead atoms. The molecular formula is C17H10ClN3O2. The molecule has 2 aromatic carbocycles. The minimum absolute atomic E-state index is 0.247. The van der Waals surface area contributed by atoms with Gasteiger partial charge >= 0.3 is 0 Å². The number of ketones is 1. The molecule has 0 spiro atoms. The Morgan fingerprint density at radius 1 is 1.17 bits per heavy atom. The molecule has 1 aromatic heterocycles. The fraction of sp³-hybridized carbons (Fsp3) is 0. The highest BCUT2D eigenvalue weighted by atomic mass is 35.5. The zero-order chi connectivity index (χ0) is 16.4. The third kappa shape index (κ3) is 2.93. The molecule has 1 heterocycles. The van der Waals surface area contributed by atoms with Gasteiger partial charge in [0.05, 0.1) is 17.2 Å². The number of nitriles is 1. The average Bonchev–Trinajstić information content (AvgIpc) is 2.97. The van der Waals surface area contributed by atoms with Crippen LogP contribution in [-0.2, 0) is 4.79 Å². The van der Waals surface area contributed by atoms with Gasteiger partial charge in [0.2, 0.25) is 0 Å². The first kappa shape index (κ1) is 14.8. The van der Waals surface area contributed by atoms with E-state index in [-0.39, 0.29) is 5.56 Å². The molecule has 0 aliphatic rings. The second-order valence-electron chi connectivity index (χ2n) is 4.87. The Hall–Kier alpha value is -3.10. The van der Waals surface area contributed by atoms with Crippen LogP contribution in [0.25, 0.3) is 10.9 Å². The van der Waals surface area contributed by atoms with Crippen LogP contribution in [0, 0.1) is 11.3 Å². The standard InChI is InChI=1S/C17H10ClN3O2/c18-11-4-5-15-13(7-11)14(9-20-15)16(22)17(23)21-12-3-1-2-10(6-12)8-19/h1-7,9,20H,(H,21,23). The molecule has 6 heteroatoms. The summed E-state index contributed by atoms with van der Waals surface area (Å²) in [6, 6.07) is 13.4. The summed E-state index contributed by atoms with van der Waals surface area (Å²) in [5.41, 5.74) is 1.75. The van der Waals surface area contributed by atoms with Gasteiger partial charge in [-0.05, 0) is 36.4 Å². The van der Waals surface area contributed by atoms with E-state index in [9.17, 15) is 9.59 Å². The highest BCUT2D eigenvalue weighted by Gasteiger charge is 2.20. The fourth-order valence-corrected chi connectivity index (χ4v) is 2.43. The Kier molecular flexibility index (Phi) is 3.83. The van der Waals surface area contributed by atoms with Gasteiger partial charge in [-0.15, -0.1) is 0 Å². The van der Waals surface area contributed by atoms with Crippen LogP contribution in [0.5, 0.6) is 0 Å². The number of fused-ring (bicyclic) bond motifs is 1. The van der Waals surface area contributed by atoms with Crippen LogP contribution in [0.1, 0.15) is 15.9 Å².